The van der Waals surface area contributed by atoms with Gasteiger partial charge >= 0.3 is 0 Å². The van der Waals surface area contributed by atoms with Crippen LogP contribution in [0.1, 0.15) is 109 Å². The Morgan fingerprint density at radius 3 is 1.00 bits per heavy atom. The van der Waals surface area contributed by atoms with Crippen molar-refractivity contribution in [2.75, 3.05) is 28.2 Å². The number of nitrogens with zero attached hydrogens (tertiary/aromatic N) is 11. The van der Waals surface area contributed by atoms with Gasteiger partial charge in [-0.15, -0.1) is 0 Å². The zero-order valence-electron chi connectivity index (χ0n) is 60.4. The van der Waals surface area contributed by atoms with Crippen molar-refractivity contribution >= 4 is 27.7 Å². The van der Waals surface area contributed by atoms with Gasteiger partial charge in [-0.3, -0.25) is 24.0 Å². The van der Waals surface area contributed by atoms with E-state index in [9.17, 15) is 29.1 Å². The topological polar surface area (TPSA) is 199 Å². The van der Waals surface area contributed by atoms with Gasteiger partial charge in [0, 0.05) is 102 Å². The molecule has 20 heteroatoms. The molecule has 552 valence electrons. The van der Waals surface area contributed by atoms with E-state index in [1.165, 1.54) is 28.3 Å². The molecule has 0 aliphatic carbocycles. The van der Waals surface area contributed by atoms with E-state index < -0.39 is 5.43 Å². The molecule has 3 aliphatic rings. The van der Waals surface area contributed by atoms with Crippen LogP contribution < -0.4 is 25.8 Å². The molecule has 0 unspecified atom stereocenters. The van der Waals surface area contributed by atoms with Crippen molar-refractivity contribution in [2.45, 2.75) is 76.2 Å². The normalized spacial score (nSPS) is 14.1. The predicted molar refractivity (Wildman–Crippen MR) is 431 cm³/mol. The molecule has 3 aliphatic heterocycles. The number of carbonyl (C=O) groups excluding carboxylic acids is 2. The summed E-state index contributed by atoms with van der Waals surface area (Å²) in [7, 11) is 6.84. The molecule has 9 heterocycles. The van der Waals surface area contributed by atoms with Crippen molar-refractivity contribution in [1.82, 2.24) is 52.2 Å². The van der Waals surface area contributed by atoms with Gasteiger partial charge in [0.1, 0.15) is 46.3 Å². The van der Waals surface area contributed by atoms with E-state index in [0.717, 1.165) is 43.8 Å². The van der Waals surface area contributed by atoms with Crippen molar-refractivity contribution < 1.29 is 24.2 Å². The monoisotopic (exact) mass is 1520 g/mol. The fourth-order valence-electron chi connectivity index (χ4n) is 15.3. The number of aromatic nitrogens is 9. The molecule has 19 nitrogen and oxygen atoms in total. The van der Waals surface area contributed by atoms with Gasteiger partial charge in [0.2, 0.25) is 16.3 Å². The van der Waals surface area contributed by atoms with E-state index in [1.54, 1.807) is 63.8 Å². The summed E-state index contributed by atoms with van der Waals surface area (Å²) in [5, 5.41) is 10.8. The Balaban J connectivity index is 0.000000138. The standard InChI is InChI=1S/C33H30N4O3.C30H24BrN3O2.C26H24N4O3.CH4/c1-35(2)33(39)26-20-34-32-30-31(40-22-23-12-6-3-7-13-23)28(38)18-19-36(30)27(21-37(26)32)29(24-14-8-4-9-15-24)25-16-10-5-11-17-25;31-26-18-32-30-28-29(36-20-21-10-4-1-5-11-21)25(35)16-17-33(28)24(19-34(26)30)27(22-12-6-2-7-13-22)23-14-8-3-9-15-23;1-28(2)26(33)19-15-27-25-23-24(32)21(31)13-14-29(23)20(16-30(19)25)22(17-9-5-3-6-10-17)18-11-7-4-8-12-18;/h3-20,27,29H,21-22H2,1-2H3;1-18,24,27H,19-20H2;3-15,20,22,32H,16H2,1-2H3;1H4/t27-;24-;20-;/m111./s1. The van der Waals surface area contributed by atoms with Crippen LogP contribution in [0.3, 0.4) is 0 Å². The number of rotatable bonds is 17. The summed E-state index contributed by atoms with van der Waals surface area (Å²) >= 11 is 3.68. The number of hydrogen-bond donors (Lipinski definition) is 1. The quantitative estimate of drug-likeness (QED) is 0.0910. The highest BCUT2D eigenvalue weighted by atomic mass is 79.9. The van der Waals surface area contributed by atoms with Gasteiger partial charge in [0.15, 0.2) is 34.7 Å². The average Bonchev–Trinajstić information content (AvgIpc) is 1.44. The molecule has 0 saturated carbocycles. The van der Waals surface area contributed by atoms with E-state index in [1.807, 2.05) is 172 Å². The summed E-state index contributed by atoms with van der Waals surface area (Å²) in [5.74, 6) is 1.43. The number of fused-ring (bicyclic) bond motifs is 9. The van der Waals surface area contributed by atoms with Crippen molar-refractivity contribution in [2.24, 2.45) is 0 Å². The fourth-order valence-corrected chi connectivity index (χ4v) is 15.8. The molecular formula is C90H82BrN11O8. The number of carbonyl (C=O) groups is 2. The first-order valence-corrected chi connectivity index (χ1v) is 36.8. The minimum atomic E-state index is -0.479. The van der Waals surface area contributed by atoms with Crippen LogP contribution in [-0.4, -0.2) is 97.3 Å². The Kier molecular flexibility index (Phi) is 21.9. The summed E-state index contributed by atoms with van der Waals surface area (Å²) in [6.07, 6.45) is 10.3. The van der Waals surface area contributed by atoms with Crippen molar-refractivity contribution in [3.05, 3.63) is 389 Å². The lowest BCUT2D eigenvalue weighted by Crippen LogP contribution is -2.34. The number of imidazole rings is 3. The maximum absolute atomic E-state index is 13.3. The van der Waals surface area contributed by atoms with Gasteiger partial charge in [0.05, 0.1) is 36.7 Å². The Morgan fingerprint density at radius 1 is 0.400 bits per heavy atom. The minimum Gasteiger partial charge on any atom is -0.503 e. The lowest BCUT2D eigenvalue weighted by Gasteiger charge is -2.37. The van der Waals surface area contributed by atoms with E-state index in [2.05, 4.69) is 142 Å². The predicted octanol–water partition coefficient (Wildman–Crippen LogP) is 16.0. The van der Waals surface area contributed by atoms with Crippen LogP contribution in [0.2, 0.25) is 0 Å². The van der Waals surface area contributed by atoms with Crippen LogP contribution in [0.5, 0.6) is 17.2 Å². The molecule has 0 saturated heterocycles. The summed E-state index contributed by atoms with van der Waals surface area (Å²) in [4.78, 5) is 81.8. The number of ether oxygens (including phenoxy) is 2. The highest BCUT2D eigenvalue weighted by Gasteiger charge is 2.41. The fraction of sp³-hybridized carbons (Fsp3) is 0.178. The Hall–Kier alpha value is -12.9. The summed E-state index contributed by atoms with van der Waals surface area (Å²) < 4.78 is 25.5. The number of pyridine rings is 3. The second-order valence-electron chi connectivity index (χ2n) is 27.5. The summed E-state index contributed by atoms with van der Waals surface area (Å²) in [6, 6.07) is 85.8. The number of amides is 2. The molecule has 0 bridgehead atoms. The maximum Gasteiger partial charge on any atom is 0.271 e. The van der Waals surface area contributed by atoms with Crippen molar-refractivity contribution in [3.63, 3.8) is 0 Å². The SMILES string of the molecule is C.CN(C)C(=O)c1cnc2n1C[C@H](C(c1ccccc1)c1ccccc1)n1ccc(=O)c(O)c1-2.CN(C)C(=O)c1cnc2n1C[C@H](C(c1ccccc1)c1ccccc1)n1ccc(=O)c(OCc3ccccc3)c1-2.O=c1ccn2c(c1OCc1ccccc1)-c1ncc(Br)n1C[C@@H]2C(c1ccccc1)c1ccccc1. The molecule has 1 N–H and O–H groups in total. The van der Waals surface area contributed by atoms with Gasteiger partial charge in [-0.1, -0.05) is 250 Å². The maximum atomic E-state index is 13.3. The smallest absolute Gasteiger partial charge is 0.271 e. The lowest BCUT2D eigenvalue weighted by atomic mass is 9.83. The van der Waals surface area contributed by atoms with E-state index in [0.29, 0.717) is 72.1 Å². The Labute approximate surface area is 645 Å². The first-order chi connectivity index (χ1) is 53.2. The number of aromatic hydroxyl groups is 1. The second kappa shape index (κ2) is 32.6. The van der Waals surface area contributed by atoms with E-state index in [-0.39, 0.29) is 84.1 Å². The Morgan fingerprint density at radius 2 is 0.673 bits per heavy atom. The van der Waals surface area contributed by atoms with Gasteiger partial charge in [-0.25, -0.2) is 15.0 Å². The molecule has 3 atom stereocenters. The summed E-state index contributed by atoms with van der Waals surface area (Å²) in [5.41, 5.74) is 10.5. The molecule has 14 aromatic rings. The first-order valence-electron chi connectivity index (χ1n) is 36.0. The minimum absolute atomic E-state index is 0. The molecule has 0 spiro atoms. The molecule has 8 aromatic carbocycles. The highest BCUT2D eigenvalue weighted by molar-refractivity contribution is 9.10. The third kappa shape index (κ3) is 14.7. The lowest BCUT2D eigenvalue weighted by molar-refractivity contribution is 0.0808. The van der Waals surface area contributed by atoms with Gasteiger partial charge in [0.25, 0.3) is 11.8 Å². The molecular weight excluding hydrogens is 1440 g/mol. The van der Waals surface area contributed by atoms with Crippen LogP contribution in [0, 0.1) is 0 Å². The van der Waals surface area contributed by atoms with Gasteiger partial charge < -0.3 is 51.8 Å². The molecule has 0 fully saturated rings. The van der Waals surface area contributed by atoms with Gasteiger partial charge in [-0.2, -0.15) is 0 Å². The molecule has 110 heavy (non-hydrogen) atoms. The molecule has 2 amide bonds. The van der Waals surface area contributed by atoms with Crippen molar-refractivity contribution in [3.8, 4) is 51.8 Å². The van der Waals surface area contributed by atoms with Gasteiger partial charge in [-0.05, 0) is 60.4 Å². The molecule has 0 radical (unpaired) electrons. The van der Waals surface area contributed by atoms with E-state index in [4.69, 9.17) is 9.47 Å². The second-order valence-corrected chi connectivity index (χ2v) is 28.3. The number of hydrogen-bond acceptors (Lipinski definition) is 11. The average molecular weight is 1530 g/mol. The first kappa shape index (κ1) is 73.9. The highest BCUT2D eigenvalue weighted by Crippen LogP contribution is 2.48. The number of halogens is 1. The van der Waals surface area contributed by atoms with Crippen LogP contribution in [0.25, 0.3) is 34.6 Å². The number of benzene rings is 8. The summed E-state index contributed by atoms with van der Waals surface area (Å²) in [6.45, 7) is 2.18. The molecule has 6 aromatic heterocycles. The van der Waals surface area contributed by atoms with Crippen molar-refractivity contribution in [1.29, 1.82) is 0 Å². The van der Waals surface area contributed by atoms with Crippen LogP contribution >= 0.6 is 15.9 Å². The largest absolute Gasteiger partial charge is 0.503 e. The third-order valence-corrected chi connectivity index (χ3v) is 21.0. The molecule has 17 rings (SSSR count). The van der Waals surface area contributed by atoms with E-state index >= 15 is 0 Å². The zero-order chi connectivity index (χ0) is 75.2. The zero-order valence-corrected chi connectivity index (χ0v) is 62.0. The third-order valence-electron chi connectivity index (χ3n) is 20.4. The van der Waals surface area contributed by atoms with Crippen LogP contribution in [0.15, 0.2) is 317 Å². The Bertz CT molecular complexity index is 5620. The van der Waals surface area contributed by atoms with Crippen LogP contribution in [-0.2, 0) is 32.8 Å². The van der Waals surface area contributed by atoms with Crippen LogP contribution in [0.4, 0.5) is 0 Å².